The molecule has 1 amide bonds. The van der Waals surface area contributed by atoms with Crippen LogP contribution < -0.4 is 0 Å². The van der Waals surface area contributed by atoms with Crippen LogP contribution in [0.2, 0.25) is 0 Å². The van der Waals surface area contributed by atoms with Gasteiger partial charge in [-0.1, -0.05) is 0 Å². The second kappa shape index (κ2) is 7.64. The van der Waals surface area contributed by atoms with E-state index in [2.05, 4.69) is 4.98 Å². The highest BCUT2D eigenvalue weighted by molar-refractivity contribution is 5.76. The summed E-state index contributed by atoms with van der Waals surface area (Å²) in [6.07, 6.45) is 3.74. The Morgan fingerprint density at radius 2 is 1.96 bits per heavy atom. The summed E-state index contributed by atoms with van der Waals surface area (Å²) in [5.74, 6) is -0.646. The lowest BCUT2D eigenvalue weighted by molar-refractivity contribution is -0.150. The van der Waals surface area contributed by atoms with Gasteiger partial charge in [0.15, 0.2) is 0 Å². The monoisotopic (exact) mass is 334 g/mol. The smallest absolute Gasteiger partial charge is 0.410 e. The average molecular weight is 334 g/mol. The number of carbonyl (C=O) groups is 2. The van der Waals surface area contributed by atoms with Crippen molar-refractivity contribution in [2.24, 2.45) is 5.92 Å². The van der Waals surface area contributed by atoms with Gasteiger partial charge in [-0.15, -0.1) is 0 Å². The van der Waals surface area contributed by atoms with E-state index < -0.39 is 11.5 Å². The summed E-state index contributed by atoms with van der Waals surface area (Å²) in [5, 5.41) is 0. The number of esters is 1. The van der Waals surface area contributed by atoms with Crippen molar-refractivity contribution in [3.05, 3.63) is 30.1 Å². The second-order valence-corrected chi connectivity index (χ2v) is 6.96. The molecule has 2 rings (SSSR count). The van der Waals surface area contributed by atoms with Crippen LogP contribution in [0.1, 0.15) is 45.6 Å². The van der Waals surface area contributed by atoms with Crippen LogP contribution in [0.3, 0.4) is 0 Å². The number of piperidine rings is 1. The number of hydrogen-bond acceptors (Lipinski definition) is 5. The fourth-order valence-corrected chi connectivity index (χ4v) is 2.94. The van der Waals surface area contributed by atoms with E-state index in [1.165, 1.54) is 0 Å². The lowest BCUT2D eigenvalue weighted by Crippen LogP contribution is -2.47. The molecule has 24 heavy (non-hydrogen) atoms. The zero-order valence-corrected chi connectivity index (χ0v) is 14.8. The van der Waals surface area contributed by atoms with Crippen LogP contribution in [0.4, 0.5) is 4.79 Å². The number of hydrogen-bond donors (Lipinski definition) is 0. The third-order valence-corrected chi connectivity index (χ3v) is 3.99. The highest BCUT2D eigenvalue weighted by atomic mass is 16.6. The first kappa shape index (κ1) is 18.2. The van der Waals surface area contributed by atoms with E-state index in [1.54, 1.807) is 24.2 Å². The van der Waals surface area contributed by atoms with E-state index in [0.717, 1.165) is 5.56 Å². The van der Waals surface area contributed by atoms with Crippen molar-refractivity contribution >= 4 is 12.1 Å². The molecule has 132 valence electrons. The molecular formula is C18H26N2O4. The van der Waals surface area contributed by atoms with Crippen LogP contribution in [0.15, 0.2) is 24.5 Å². The summed E-state index contributed by atoms with van der Waals surface area (Å²) in [5.41, 5.74) is 0.491. The molecule has 1 fully saturated rings. The van der Waals surface area contributed by atoms with Gasteiger partial charge in [-0.05, 0) is 51.8 Å². The first-order valence-corrected chi connectivity index (χ1v) is 8.36. The Morgan fingerprint density at radius 1 is 1.29 bits per heavy atom. The number of nitrogens with zero attached hydrogens (tertiary/aromatic N) is 2. The molecule has 2 heterocycles. The summed E-state index contributed by atoms with van der Waals surface area (Å²) < 4.78 is 10.7. The molecule has 1 aromatic heterocycles. The Labute approximate surface area is 143 Å². The van der Waals surface area contributed by atoms with Crippen LogP contribution in [0.25, 0.3) is 0 Å². The standard InChI is InChI=1S/C18H26N2O4/c1-5-23-16(21)15-12-20(17(22)24-18(2,3)4)11-8-14(15)13-6-9-19-10-7-13/h6-7,9-10,14-15H,5,8,11-12H2,1-4H3. The van der Waals surface area contributed by atoms with Gasteiger partial charge >= 0.3 is 12.1 Å². The molecule has 1 aliphatic heterocycles. The maximum atomic E-state index is 12.4. The molecule has 6 heteroatoms. The zero-order valence-electron chi connectivity index (χ0n) is 14.8. The van der Waals surface area contributed by atoms with E-state index in [4.69, 9.17) is 9.47 Å². The molecule has 0 aromatic carbocycles. The summed E-state index contributed by atoms with van der Waals surface area (Å²) >= 11 is 0. The lowest BCUT2D eigenvalue weighted by atomic mass is 9.81. The van der Waals surface area contributed by atoms with Gasteiger partial charge in [-0.3, -0.25) is 9.78 Å². The molecule has 2 atom stereocenters. The molecule has 1 saturated heterocycles. The van der Waals surface area contributed by atoms with Gasteiger partial charge in [0.25, 0.3) is 0 Å². The average Bonchev–Trinajstić information content (AvgIpc) is 2.54. The fraction of sp³-hybridized carbons (Fsp3) is 0.611. The normalized spacial score (nSPS) is 21.2. The first-order chi connectivity index (χ1) is 11.3. The van der Waals surface area contributed by atoms with Crippen molar-refractivity contribution < 1.29 is 19.1 Å². The highest BCUT2D eigenvalue weighted by Gasteiger charge is 2.39. The van der Waals surface area contributed by atoms with Gasteiger partial charge in [-0.2, -0.15) is 0 Å². The minimum atomic E-state index is -0.557. The van der Waals surface area contributed by atoms with Crippen molar-refractivity contribution in [2.45, 2.75) is 45.6 Å². The molecule has 0 saturated carbocycles. The first-order valence-electron chi connectivity index (χ1n) is 8.36. The van der Waals surface area contributed by atoms with Crippen molar-refractivity contribution in [1.29, 1.82) is 0 Å². The molecule has 2 unspecified atom stereocenters. The molecule has 0 spiro atoms. The Balaban J connectivity index is 2.16. The highest BCUT2D eigenvalue weighted by Crippen LogP contribution is 2.34. The topological polar surface area (TPSA) is 68.7 Å². The Hall–Kier alpha value is -2.11. The van der Waals surface area contributed by atoms with Gasteiger partial charge in [0.2, 0.25) is 0 Å². The second-order valence-electron chi connectivity index (χ2n) is 6.96. The van der Waals surface area contributed by atoms with Gasteiger partial charge in [-0.25, -0.2) is 4.79 Å². The minimum Gasteiger partial charge on any atom is -0.466 e. The Kier molecular flexibility index (Phi) is 5.80. The summed E-state index contributed by atoms with van der Waals surface area (Å²) in [4.78, 5) is 30.4. The number of ether oxygens (including phenoxy) is 2. The van der Waals surface area contributed by atoms with E-state index in [9.17, 15) is 9.59 Å². The van der Waals surface area contributed by atoms with Gasteiger partial charge in [0.1, 0.15) is 5.60 Å². The molecule has 6 nitrogen and oxygen atoms in total. The Morgan fingerprint density at radius 3 is 2.54 bits per heavy atom. The number of aromatic nitrogens is 1. The largest absolute Gasteiger partial charge is 0.466 e. The van der Waals surface area contributed by atoms with Crippen molar-refractivity contribution in [3.63, 3.8) is 0 Å². The lowest BCUT2D eigenvalue weighted by Gasteiger charge is -2.38. The molecule has 0 radical (unpaired) electrons. The van der Waals surface area contributed by atoms with Gasteiger partial charge < -0.3 is 14.4 Å². The van der Waals surface area contributed by atoms with Crippen molar-refractivity contribution in [3.8, 4) is 0 Å². The molecule has 0 bridgehead atoms. The van der Waals surface area contributed by atoms with E-state index in [-0.39, 0.29) is 18.0 Å². The quantitative estimate of drug-likeness (QED) is 0.795. The summed E-state index contributed by atoms with van der Waals surface area (Å²) in [7, 11) is 0. The van der Waals surface area contributed by atoms with Gasteiger partial charge in [0.05, 0.1) is 12.5 Å². The van der Waals surface area contributed by atoms with Crippen molar-refractivity contribution in [2.75, 3.05) is 19.7 Å². The molecular weight excluding hydrogens is 308 g/mol. The van der Waals surface area contributed by atoms with Crippen LogP contribution >= 0.6 is 0 Å². The van der Waals surface area contributed by atoms with E-state index >= 15 is 0 Å². The van der Waals surface area contributed by atoms with Crippen LogP contribution in [0.5, 0.6) is 0 Å². The number of amides is 1. The molecule has 0 aliphatic carbocycles. The molecule has 1 aliphatic rings. The maximum Gasteiger partial charge on any atom is 0.410 e. The van der Waals surface area contributed by atoms with Crippen molar-refractivity contribution in [1.82, 2.24) is 9.88 Å². The third-order valence-electron chi connectivity index (χ3n) is 3.99. The summed E-state index contributed by atoms with van der Waals surface area (Å²) in [6.45, 7) is 8.46. The number of pyridine rings is 1. The predicted molar refractivity (Wildman–Crippen MR) is 89.5 cm³/mol. The summed E-state index contributed by atoms with van der Waals surface area (Å²) in [6, 6.07) is 3.83. The molecule has 1 aromatic rings. The zero-order chi connectivity index (χ0) is 17.7. The number of rotatable bonds is 3. The minimum absolute atomic E-state index is 0.0192. The van der Waals surface area contributed by atoms with E-state index in [1.807, 2.05) is 32.9 Å². The molecule has 0 N–H and O–H groups in total. The number of likely N-dealkylation sites (tertiary alicyclic amines) is 1. The predicted octanol–water partition coefficient (Wildman–Crippen LogP) is 2.99. The maximum absolute atomic E-state index is 12.4. The van der Waals surface area contributed by atoms with Crippen LogP contribution in [0, 0.1) is 5.92 Å². The van der Waals surface area contributed by atoms with Gasteiger partial charge in [0, 0.05) is 31.4 Å². The fourth-order valence-electron chi connectivity index (χ4n) is 2.94. The third kappa shape index (κ3) is 4.69. The Bertz CT molecular complexity index is 568. The van der Waals surface area contributed by atoms with Crippen LogP contribution in [-0.4, -0.2) is 47.2 Å². The number of carbonyl (C=O) groups excluding carboxylic acids is 2. The SMILES string of the molecule is CCOC(=O)C1CN(C(=O)OC(C)(C)C)CCC1c1ccncc1. The van der Waals surface area contributed by atoms with Crippen LogP contribution in [-0.2, 0) is 14.3 Å². The van der Waals surface area contributed by atoms with E-state index in [0.29, 0.717) is 26.1 Å².